The van der Waals surface area contributed by atoms with E-state index in [-0.39, 0.29) is 6.10 Å². The van der Waals surface area contributed by atoms with E-state index in [2.05, 4.69) is 4.90 Å². The van der Waals surface area contributed by atoms with Crippen LogP contribution in [0.4, 0.5) is 0 Å². The van der Waals surface area contributed by atoms with Gasteiger partial charge in [-0.2, -0.15) is 0 Å². The van der Waals surface area contributed by atoms with Gasteiger partial charge in [-0.15, -0.1) is 11.6 Å². The van der Waals surface area contributed by atoms with E-state index in [1.807, 2.05) is 0 Å². The summed E-state index contributed by atoms with van der Waals surface area (Å²) in [5, 5.41) is 9.63. The maximum atomic E-state index is 9.63. The number of halogens is 1. The lowest BCUT2D eigenvalue weighted by Gasteiger charge is -2.44. The number of aliphatic hydroxyl groups is 1. The van der Waals surface area contributed by atoms with Gasteiger partial charge in [0, 0.05) is 18.5 Å². The van der Waals surface area contributed by atoms with Crippen LogP contribution < -0.4 is 0 Å². The molecule has 15 heavy (non-hydrogen) atoms. The second kappa shape index (κ2) is 5.51. The Labute approximate surface area is 97.6 Å². The van der Waals surface area contributed by atoms with E-state index in [1.54, 1.807) is 0 Å². The van der Waals surface area contributed by atoms with Crippen molar-refractivity contribution in [3.05, 3.63) is 0 Å². The van der Waals surface area contributed by atoms with E-state index in [4.69, 9.17) is 11.6 Å². The Morgan fingerprint density at radius 2 is 1.93 bits per heavy atom. The molecule has 88 valence electrons. The molecule has 1 heterocycles. The van der Waals surface area contributed by atoms with Gasteiger partial charge in [-0.05, 0) is 38.1 Å². The number of β-amino-alcohol motifs (C(OH)–C–C–N with tert-alkyl or cyclic N) is 1. The first kappa shape index (κ1) is 11.7. The van der Waals surface area contributed by atoms with Crippen molar-refractivity contribution in [1.82, 2.24) is 4.90 Å². The highest BCUT2D eigenvalue weighted by Gasteiger charge is 2.33. The summed E-state index contributed by atoms with van der Waals surface area (Å²) < 4.78 is 0. The predicted octanol–water partition coefficient (Wildman–Crippen LogP) is 2.24. The Hall–Kier alpha value is 0.210. The van der Waals surface area contributed by atoms with Gasteiger partial charge in [0.25, 0.3) is 0 Å². The average Bonchev–Trinajstić information content (AvgIpc) is 2.29. The molecule has 1 N–H and O–H groups in total. The van der Waals surface area contributed by atoms with E-state index in [0.717, 1.165) is 25.0 Å². The Morgan fingerprint density at radius 1 is 1.20 bits per heavy atom. The van der Waals surface area contributed by atoms with Gasteiger partial charge in [-0.1, -0.05) is 12.8 Å². The van der Waals surface area contributed by atoms with Crippen molar-refractivity contribution < 1.29 is 5.11 Å². The lowest BCUT2D eigenvalue weighted by atomic mass is 9.78. The molecule has 2 aliphatic rings. The molecule has 1 saturated carbocycles. The summed E-state index contributed by atoms with van der Waals surface area (Å²) >= 11 is 5.67. The minimum absolute atomic E-state index is 0.340. The molecule has 2 rings (SSSR count). The molecule has 3 unspecified atom stereocenters. The Bertz CT molecular complexity index is 198. The minimum atomic E-state index is -0.340. The minimum Gasteiger partial charge on any atom is -0.391 e. The first-order valence-electron chi connectivity index (χ1n) is 6.29. The maximum absolute atomic E-state index is 9.63. The monoisotopic (exact) mass is 231 g/mol. The maximum Gasteiger partial charge on any atom is 0.0802 e. The fraction of sp³-hybridized carbons (Fsp3) is 1.00. The first-order chi connectivity index (χ1) is 7.31. The number of hydrogen-bond acceptors (Lipinski definition) is 2. The van der Waals surface area contributed by atoms with Crippen LogP contribution in [-0.2, 0) is 0 Å². The lowest BCUT2D eigenvalue weighted by molar-refractivity contribution is 0.0270. The predicted molar refractivity (Wildman–Crippen MR) is 63.3 cm³/mol. The lowest BCUT2D eigenvalue weighted by Crippen LogP contribution is -2.49. The third-order valence-corrected chi connectivity index (χ3v) is 4.34. The van der Waals surface area contributed by atoms with Crippen LogP contribution >= 0.6 is 11.6 Å². The van der Waals surface area contributed by atoms with Gasteiger partial charge in [-0.3, -0.25) is 4.90 Å². The largest absolute Gasteiger partial charge is 0.391 e. The van der Waals surface area contributed by atoms with E-state index in [9.17, 15) is 5.11 Å². The second-order valence-electron chi connectivity index (χ2n) is 5.06. The molecule has 2 nitrogen and oxygen atoms in total. The van der Waals surface area contributed by atoms with Gasteiger partial charge in [0.15, 0.2) is 0 Å². The van der Waals surface area contributed by atoms with E-state index < -0.39 is 0 Å². The van der Waals surface area contributed by atoms with Crippen LogP contribution in [0.2, 0.25) is 0 Å². The fourth-order valence-corrected chi connectivity index (χ4v) is 3.37. The molecule has 0 spiro atoms. The number of nitrogens with zero attached hydrogens (tertiary/aromatic N) is 1. The molecule has 0 radical (unpaired) electrons. The van der Waals surface area contributed by atoms with Gasteiger partial charge < -0.3 is 5.11 Å². The van der Waals surface area contributed by atoms with Crippen molar-refractivity contribution in [3.8, 4) is 0 Å². The summed E-state index contributed by atoms with van der Waals surface area (Å²) in [5.74, 6) is 1.27. The van der Waals surface area contributed by atoms with Crippen molar-refractivity contribution in [2.24, 2.45) is 5.92 Å². The van der Waals surface area contributed by atoms with E-state index in [1.165, 1.54) is 38.5 Å². The normalized spacial score (nSPS) is 34.8. The number of rotatable bonds is 3. The highest BCUT2D eigenvalue weighted by atomic mass is 35.5. The molecule has 3 atom stereocenters. The molecular weight excluding hydrogens is 210 g/mol. The second-order valence-corrected chi connectivity index (χ2v) is 5.37. The van der Waals surface area contributed by atoms with Crippen molar-refractivity contribution in [2.45, 2.75) is 50.7 Å². The summed E-state index contributed by atoms with van der Waals surface area (Å²) in [6.45, 7) is 1.94. The molecule has 0 aromatic carbocycles. The zero-order chi connectivity index (χ0) is 10.7. The number of likely N-dealkylation sites (tertiary alicyclic amines) is 1. The topological polar surface area (TPSA) is 23.5 Å². The SMILES string of the molecule is OC(CCl)CN1CCCC2CCCCC21. The summed E-state index contributed by atoms with van der Waals surface area (Å²) in [4.78, 5) is 2.49. The van der Waals surface area contributed by atoms with Crippen molar-refractivity contribution in [3.63, 3.8) is 0 Å². The van der Waals surface area contributed by atoms with Crippen LogP contribution in [0.25, 0.3) is 0 Å². The summed E-state index contributed by atoms with van der Waals surface area (Å²) in [6, 6.07) is 0.741. The van der Waals surface area contributed by atoms with Gasteiger partial charge in [0.1, 0.15) is 0 Å². The Morgan fingerprint density at radius 3 is 2.73 bits per heavy atom. The molecular formula is C12H22ClNO. The zero-order valence-corrected chi connectivity index (χ0v) is 10.1. The molecule has 1 saturated heterocycles. The molecule has 1 aliphatic heterocycles. The standard InChI is InChI=1S/C12H22ClNO/c13-8-11(15)9-14-7-3-5-10-4-1-2-6-12(10)14/h10-12,15H,1-9H2. The van der Waals surface area contributed by atoms with E-state index in [0.29, 0.717) is 5.88 Å². The van der Waals surface area contributed by atoms with Crippen molar-refractivity contribution >= 4 is 11.6 Å². The quantitative estimate of drug-likeness (QED) is 0.754. The van der Waals surface area contributed by atoms with Crippen LogP contribution in [-0.4, -0.2) is 41.1 Å². The molecule has 2 fully saturated rings. The average molecular weight is 232 g/mol. The van der Waals surface area contributed by atoms with Crippen LogP contribution in [0.5, 0.6) is 0 Å². The smallest absolute Gasteiger partial charge is 0.0802 e. The molecule has 0 bridgehead atoms. The molecule has 0 aromatic rings. The number of alkyl halides is 1. The zero-order valence-electron chi connectivity index (χ0n) is 9.37. The molecule has 3 heteroatoms. The Kier molecular flexibility index (Phi) is 4.30. The number of piperidine rings is 1. The fourth-order valence-electron chi connectivity index (χ4n) is 3.27. The van der Waals surface area contributed by atoms with Crippen molar-refractivity contribution in [1.29, 1.82) is 0 Å². The van der Waals surface area contributed by atoms with Crippen LogP contribution in [0.3, 0.4) is 0 Å². The summed E-state index contributed by atoms with van der Waals surface area (Å²) in [6.07, 6.45) is 7.88. The van der Waals surface area contributed by atoms with Crippen LogP contribution in [0.1, 0.15) is 38.5 Å². The number of hydrogen-bond donors (Lipinski definition) is 1. The van der Waals surface area contributed by atoms with Crippen LogP contribution in [0.15, 0.2) is 0 Å². The van der Waals surface area contributed by atoms with Gasteiger partial charge in [0.05, 0.1) is 6.10 Å². The number of aliphatic hydroxyl groups excluding tert-OH is 1. The van der Waals surface area contributed by atoms with Crippen molar-refractivity contribution in [2.75, 3.05) is 19.0 Å². The highest BCUT2D eigenvalue weighted by molar-refractivity contribution is 6.18. The highest BCUT2D eigenvalue weighted by Crippen LogP contribution is 2.35. The molecule has 0 aromatic heterocycles. The number of fused-ring (bicyclic) bond motifs is 1. The van der Waals surface area contributed by atoms with Gasteiger partial charge in [0.2, 0.25) is 0 Å². The third kappa shape index (κ3) is 2.86. The van der Waals surface area contributed by atoms with E-state index >= 15 is 0 Å². The summed E-state index contributed by atoms with van der Waals surface area (Å²) in [5.41, 5.74) is 0. The molecule has 0 amide bonds. The summed E-state index contributed by atoms with van der Waals surface area (Å²) in [7, 11) is 0. The third-order valence-electron chi connectivity index (χ3n) is 3.98. The van der Waals surface area contributed by atoms with Crippen LogP contribution in [0, 0.1) is 5.92 Å². The molecule has 1 aliphatic carbocycles. The Balaban J connectivity index is 1.91. The first-order valence-corrected chi connectivity index (χ1v) is 6.83. The van der Waals surface area contributed by atoms with Gasteiger partial charge >= 0.3 is 0 Å². The van der Waals surface area contributed by atoms with Gasteiger partial charge in [-0.25, -0.2) is 0 Å².